The van der Waals surface area contributed by atoms with Gasteiger partial charge in [-0.2, -0.15) is 5.10 Å². The third-order valence-corrected chi connectivity index (χ3v) is 3.98. The summed E-state index contributed by atoms with van der Waals surface area (Å²) < 4.78 is 16.8. The van der Waals surface area contributed by atoms with E-state index in [0.29, 0.717) is 16.8 Å². The van der Waals surface area contributed by atoms with Gasteiger partial charge in [0.1, 0.15) is 17.8 Å². The lowest BCUT2D eigenvalue weighted by molar-refractivity contribution is 0.194. The first-order chi connectivity index (χ1) is 11.0. The van der Waals surface area contributed by atoms with E-state index in [0.717, 1.165) is 4.47 Å². The van der Waals surface area contributed by atoms with Gasteiger partial charge in [0.25, 0.3) is 0 Å². The monoisotopic (exact) mass is 398 g/mol. The van der Waals surface area contributed by atoms with E-state index in [9.17, 15) is 9.18 Å². The number of amides is 1. The molecule has 2 N–H and O–H groups in total. The molecule has 6 nitrogen and oxygen atoms in total. The third kappa shape index (κ3) is 3.13. The second-order valence-electron chi connectivity index (χ2n) is 4.68. The van der Waals surface area contributed by atoms with Crippen molar-refractivity contribution in [2.75, 3.05) is 0 Å². The van der Waals surface area contributed by atoms with Gasteiger partial charge in [-0.25, -0.2) is 18.7 Å². The molecule has 0 aliphatic heterocycles. The van der Waals surface area contributed by atoms with Gasteiger partial charge >= 0.3 is 6.09 Å². The van der Waals surface area contributed by atoms with Crippen LogP contribution >= 0.6 is 27.5 Å². The fraction of sp³-hybridized carbons (Fsp3) is 0.0714. The minimum Gasteiger partial charge on any atom is -0.465 e. The average Bonchev–Trinajstić information content (AvgIpc) is 2.87. The lowest BCUT2D eigenvalue weighted by atomic mass is 10.1. The Kier molecular flexibility index (Phi) is 4.18. The van der Waals surface area contributed by atoms with Crippen LogP contribution in [0.4, 0.5) is 9.18 Å². The standard InChI is InChI=1S/C14H9BrClFN4O2/c15-8-2-12-13(19-6-20-21(12)5-8)9-3-10(16)7(1-11(9)17)4-18-14(22)23/h1-3,5-6,18H,4H2,(H,22,23). The van der Waals surface area contributed by atoms with Gasteiger partial charge in [0, 0.05) is 27.8 Å². The van der Waals surface area contributed by atoms with Crippen molar-refractivity contribution in [1.82, 2.24) is 19.9 Å². The molecule has 0 unspecified atom stereocenters. The number of aromatic nitrogens is 3. The Morgan fingerprint density at radius 3 is 2.96 bits per heavy atom. The molecule has 1 aromatic carbocycles. The minimum atomic E-state index is -1.21. The van der Waals surface area contributed by atoms with Crippen LogP contribution in [0.25, 0.3) is 16.8 Å². The normalized spacial score (nSPS) is 10.9. The fourth-order valence-electron chi connectivity index (χ4n) is 2.18. The molecular weight excluding hydrogens is 391 g/mol. The van der Waals surface area contributed by atoms with E-state index in [-0.39, 0.29) is 17.1 Å². The van der Waals surface area contributed by atoms with Crippen LogP contribution in [0, 0.1) is 5.82 Å². The number of halogens is 3. The van der Waals surface area contributed by atoms with Crippen LogP contribution in [0.2, 0.25) is 5.02 Å². The topological polar surface area (TPSA) is 79.5 Å². The van der Waals surface area contributed by atoms with Crippen LogP contribution in [-0.4, -0.2) is 25.8 Å². The van der Waals surface area contributed by atoms with E-state index in [1.807, 2.05) is 0 Å². The molecule has 0 spiro atoms. The van der Waals surface area contributed by atoms with Gasteiger partial charge in [-0.15, -0.1) is 0 Å². The first-order valence-corrected chi connectivity index (χ1v) is 7.57. The Balaban J connectivity index is 2.09. The molecule has 0 atom stereocenters. The predicted molar refractivity (Wildman–Crippen MR) is 86.0 cm³/mol. The Morgan fingerprint density at radius 2 is 2.22 bits per heavy atom. The predicted octanol–water partition coefficient (Wildman–Crippen LogP) is 3.72. The zero-order valence-electron chi connectivity index (χ0n) is 11.4. The molecule has 2 heterocycles. The second kappa shape index (κ2) is 6.13. The summed E-state index contributed by atoms with van der Waals surface area (Å²) in [5.74, 6) is -0.547. The summed E-state index contributed by atoms with van der Waals surface area (Å²) in [6.07, 6.45) is 1.84. The highest BCUT2D eigenvalue weighted by Gasteiger charge is 2.15. The Hall–Kier alpha value is -2.19. The number of fused-ring (bicyclic) bond motifs is 1. The van der Waals surface area contributed by atoms with Crippen molar-refractivity contribution in [3.8, 4) is 11.3 Å². The number of benzene rings is 1. The molecule has 0 radical (unpaired) electrons. The molecule has 1 amide bonds. The maximum Gasteiger partial charge on any atom is 0.404 e. The Labute approximate surface area is 143 Å². The summed E-state index contributed by atoms with van der Waals surface area (Å²) in [5, 5.41) is 15.1. The Morgan fingerprint density at radius 1 is 1.43 bits per heavy atom. The molecule has 0 aliphatic rings. The largest absolute Gasteiger partial charge is 0.465 e. The van der Waals surface area contributed by atoms with Gasteiger partial charge in [0.2, 0.25) is 0 Å². The maximum absolute atomic E-state index is 14.5. The molecule has 0 bridgehead atoms. The first kappa shape index (κ1) is 15.7. The summed E-state index contributed by atoms with van der Waals surface area (Å²) in [6.45, 7) is -0.0821. The molecule has 3 rings (SSSR count). The van der Waals surface area contributed by atoms with Crippen molar-refractivity contribution in [3.05, 3.63) is 51.6 Å². The molecule has 3 aromatic rings. The Bertz CT molecular complexity index is 915. The van der Waals surface area contributed by atoms with Gasteiger partial charge in [-0.3, -0.25) is 0 Å². The molecule has 0 saturated carbocycles. The number of nitrogens with one attached hydrogen (secondary N) is 1. The molecule has 0 fully saturated rings. The molecule has 2 aromatic heterocycles. The van der Waals surface area contributed by atoms with Crippen molar-refractivity contribution in [2.45, 2.75) is 6.54 Å². The average molecular weight is 400 g/mol. The van der Waals surface area contributed by atoms with Gasteiger partial charge < -0.3 is 10.4 Å². The van der Waals surface area contributed by atoms with Crippen LogP contribution in [-0.2, 0) is 6.54 Å². The van der Waals surface area contributed by atoms with Crippen molar-refractivity contribution >= 4 is 39.1 Å². The lowest BCUT2D eigenvalue weighted by Gasteiger charge is -2.09. The van der Waals surface area contributed by atoms with Crippen LogP contribution in [0.5, 0.6) is 0 Å². The minimum absolute atomic E-state index is 0.0821. The van der Waals surface area contributed by atoms with Crippen LogP contribution in [0.1, 0.15) is 5.56 Å². The number of hydrogen-bond donors (Lipinski definition) is 2. The zero-order chi connectivity index (χ0) is 16.6. The summed E-state index contributed by atoms with van der Waals surface area (Å²) >= 11 is 9.47. The van der Waals surface area contributed by atoms with Crippen LogP contribution in [0.15, 0.2) is 35.2 Å². The molecule has 23 heavy (non-hydrogen) atoms. The third-order valence-electron chi connectivity index (χ3n) is 3.19. The summed E-state index contributed by atoms with van der Waals surface area (Å²) in [7, 11) is 0. The fourth-order valence-corrected chi connectivity index (χ4v) is 2.82. The van der Waals surface area contributed by atoms with Crippen molar-refractivity contribution in [1.29, 1.82) is 0 Å². The van der Waals surface area contributed by atoms with Crippen LogP contribution in [0.3, 0.4) is 0 Å². The zero-order valence-corrected chi connectivity index (χ0v) is 13.8. The number of carboxylic acid groups (broad SMARTS) is 1. The summed E-state index contributed by atoms with van der Waals surface area (Å²) in [4.78, 5) is 14.7. The van der Waals surface area contributed by atoms with Gasteiger partial charge in [-0.05, 0) is 39.7 Å². The smallest absolute Gasteiger partial charge is 0.404 e. The molecule has 0 aliphatic carbocycles. The van der Waals surface area contributed by atoms with Gasteiger partial charge in [-0.1, -0.05) is 11.6 Å². The number of rotatable bonds is 3. The van der Waals surface area contributed by atoms with E-state index in [1.165, 1.54) is 18.5 Å². The second-order valence-corrected chi connectivity index (χ2v) is 6.00. The maximum atomic E-state index is 14.5. The van der Waals surface area contributed by atoms with Gasteiger partial charge in [0.05, 0.1) is 5.52 Å². The van der Waals surface area contributed by atoms with Crippen molar-refractivity contribution < 1.29 is 14.3 Å². The SMILES string of the molecule is O=C(O)NCc1cc(F)c(-c2ncnn3cc(Br)cc23)cc1Cl. The highest BCUT2D eigenvalue weighted by molar-refractivity contribution is 9.10. The quantitative estimate of drug-likeness (QED) is 0.703. The molecule has 118 valence electrons. The number of nitrogens with zero attached hydrogens (tertiary/aromatic N) is 3. The van der Waals surface area contributed by atoms with E-state index < -0.39 is 11.9 Å². The number of hydrogen-bond acceptors (Lipinski definition) is 3. The molecule has 0 saturated heterocycles. The van der Waals surface area contributed by atoms with Crippen LogP contribution < -0.4 is 5.32 Å². The van der Waals surface area contributed by atoms with Crippen molar-refractivity contribution in [3.63, 3.8) is 0 Å². The highest BCUT2D eigenvalue weighted by atomic mass is 79.9. The summed E-state index contributed by atoms with van der Waals surface area (Å²) in [5.41, 5.74) is 1.57. The molecule has 9 heteroatoms. The van der Waals surface area contributed by atoms with Crippen molar-refractivity contribution in [2.24, 2.45) is 0 Å². The highest BCUT2D eigenvalue weighted by Crippen LogP contribution is 2.31. The molecular formula is C14H9BrClFN4O2. The van der Waals surface area contributed by atoms with E-state index >= 15 is 0 Å². The van der Waals surface area contributed by atoms with E-state index in [1.54, 1.807) is 16.8 Å². The van der Waals surface area contributed by atoms with Gasteiger partial charge in [0.15, 0.2) is 0 Å². The number of carbonyl (C=O) groups is 1. The first-order valence-electron chi connectivity index (χ1n) is 6.39. The van der Waals surface area contributed by atoms with E-state index in [4.69, 9.17) is 16.7 Å². The lowest BCUT2D eigenvalue weighted by Crippen LogP contribution is -2.20. The summed E-state index contributed by atoms with van der Waals surface area (Å²) in [6, 6.07) is 4.39. The van der Waals surface area contributed by atoms with E-state index in [2.05, 4.69) is 31.3 Å².